The first-order valence-electron chi connectivity index (χ1n) is 7.92. The Morgan fingerprint density at radius 3 is 2.55 bits per heavy atom. The van der Waals surface area contributed by atoms with E-state index >= 15 is 0 Å². The lowest BCUT2D eigenvalue weighted by Crippen LogP contribution is -2.45. The lowest BCUT2D eigenvalue weighted by atomic mass is 9.84. The van der Waals surface area contributed by atoms with Gasteiger partial charge in [-0.2, -0.15) is 0 Å². The summed E-state index contributed by atoms with van der Waals surface area (Å²) in [5.74, 6) is -1.17. The molecule has 3 unspecified atom stereocenters. The van der Waals surface area contributed by atoms with Crippen LogP contribution in [0.5, 0.6) is 0 Å². The molecule has 1 saturated heterocycles. The minimum Gasteiger partial charge on any atom is -0.481 e. The van der Waals surface area contributed by atoms with E-state index in [-0.39, 0.29) is 11.9 Å². The summed E-state index contributed by atoms with van der Waals surface area (Å²) in [7, 11) is 0. The summed E-state index contributed by atoms with van der Waals surface area (Å²) in [6, 6.07) is 0.282. The Morgan fingerprint density at radius 2 is 1.85 bits per heavy atom. The van der Waals surface area contributed by atoms with Crippen LogP contribution in [-0.2, 0) is 9.59 Å². The third-order valence-corrected chi connectivity index (χ3v) is 4.56. The molecule has 1 aliphatic carbocycles. The molecule has 3 N–H and O–H groups in total. The van der Waals surface area contributed by atoms with Crippen LogP contribution in [0.1, 0.15) is 57.8 Å². The number of carbonyl (C=O) groups is 2. The van der Waals surface area contributed by atoms with Crippen LogP contribution in [-0.4, -0.2) is 35.6 Å². The van der Waals surface area contributed by atoms with Gasteiger partial charge in [-0.05, 0) is 38.6 Å². The summed E-state index contributed by atoms with van der Waals surface area (Å²) in [4.78, 5) is 23.2. The third-order valence-electron chi connectivity index (χ3n) is 4.56. The Bertz CT molecular complexity index is 340. The molecule has 0 aromatic carbocycles. The van der Waals surface area contributed by atoms with Gasteiger partial charge in [0.1, 0.15) is 0 Å². The Morgan fingerprint density at radius 1 is 1.10 bits per heavy atom. The van der Waals surface area contributed by atoms with Crippen molar-refractivity contribution < 1.29 is 14.7 Å². The molecule has 0 radical (unpaired) electrons. The van der Waals surface area contributed by atoms with Crippen LogP contribution in [0.15, 0.2) is 0 Å². The molecule has 2 aliphatic rings. The van der Waals surface area contributed by atoms with Gasteiger partial charge in [0, 0.05) is 18.5 Å². The maximum absolute atomic E-state index is 12.0. The molecule has 0 aromatic rings. The van der Waals surface area contributed by atoms with Crippen molar-refractivity contribution in [3.8, 4) is 0 Å². The van der Waals surface area contributed by atoms with E-state index in [0.717, 1.165) is 38.6 Å². The van der Waals surface area contributed by atoms with Crippen molar-refractivity contribution in [1.82, 2.24) is 10.6 Å². The minimum atomic E-state index is -0.774. The fourth-order valence-electron chi connectivity index (χ4n) is 3.35. The molecule has 5 nitrogen and oxygen atoms in total. The maximum Gasteiger partial charge on any atom is 0.308 e. The lowest BCUT2D eigenvalue weighted by Gasteiger charge is -2.29. The smallest absolute Gasteiger partial charge is 0.308 e. The highest BCUT2D eigenvalue weighted by Gasteiger charge is 2.31. The number of rotatable bonds is 5. The van der Waals surface area contributed by atoms with E-state index in [1.165, 1.54) is 12.8 Å². The first-order valence-corrected chi connectivity index (χ1v) is 7.92. The van der Waals surface area contributed by atoms with Gasteiger partial charge in [0.05, 0.1) is 5.92 Å². The molecule has 0 bridgehead atoms. The topological polar surface area (TPSA) is 78.4 Å². The summed E-state index contributed by atoms with van der Waals surface area (Å²) >= 11 is 0. The van der Waals surface area contributed by atoms with Crippen LogP contribution in [0.25, 0.3) is 0 Å². The zero-order valence-corrected chi connectivity index (χ0v) is 12.1. The summed E-state index contributed by atoms with van der Waals surface area (Å²) in [6.45, 7) is 1.05. The van der Waals surface area contributed by atoms with Gasteiger partial charge < -0.3 is 15.7 Å². The summed E-state index contributed by atoms with van der Waals surface area (Å²) < 4.78 is 0. The lowest BCUT2D eigenvalue weighted by molar-refractivity contribution is -0.144. The number of aliphatic carboxylic acids is 1. The first-order chi connectivity index (χ1) is 9.66. The number of carbonyl (C=O) groups excluding carboxylic acids is 1. The predicted molar refractivity (Wildman–Crippen MR) is 76.4 cm³/mol. The second-order valence-electron chi connectivity index (χ2n) is 6.09. The van der Waals surface area contributed by atoms with E-state index < -0.39 is 11.9 Å². The highest BCUT2D eigenvalue weighted by atomic mass is 16.4. The molecule has 0 spiro atoms. The van der Waals surface area contributed by atoms with Gasteiger partial charge in [-0.15, -0.1) is 0 Å². The van der Waals surface area contributed by atoms with Crippen LogP contribution in [0.2, 0.25) is 0 Å². The second-order valence-corrected chi connectivity index (χ2v) is 6.09. The van der Waals surface area contributed by atoms with Crippen molar-refractivity contribution in [2.75, 3.05) is 6.54 Å². The average Bonchev–Trinajstić information content (AvgIpc) is 2.46. The zero-order valence-electron chi connectivity index (χ0n) is 12.1. The number of carboxylic acids is 1. The Hall–Kier alpha value is -1.10. The first kappa shape index (κ1) is 15.3. The van der Waals surface area contributed by atoms with Crippen molar-refractivity contribution in [1.29, 1.82) is 0 Å². The van der Waals surface area contributed by atoms with E-state index in [4.69, 9.17) is 0 Å². The van der Waals surface area contributed by atoms with Gasteiger partial charge in [-0.1, -0.05) is 19.3 Å². The van der Waals surface area contributed by atoms with E-state index in [9.17, 15) is 14.7 Å². The molecule has 114 valence electrons. The Labute approximate surface area is 120 Å². The molecule has 1 saturated carbocycles. The fourth-order valence-corrected chi connectivity index (χ4v) is 3.35. The Kier molecular flexibility index (Phi) is 5.83. The normalized spacial score (nSPS) is 30.7. The molecule has 2 fully saturated rings. The fraction of sp³-hybridized carbons (Fsp3) is 0.867. The number of piperidine rings is 1. The molecule has 5 heteroatoms. The second kappa shape index (κ2) is 7.62. The van der Waals surface area contributed by atoms with Crippen molar-refractivity contribution in [3.63, 3.8) is 0 Å². The molecular weight excluding hydrogens is 256 g/mol. The van der Waals surface area contributed by atoms with Gasteiger partial charge in [0.25, 0.3) is 0 Å². The largest absolute Gasteiger partial charge is 0.481 e. The van der Waals surface area contributed by atoms with E-state index in [2.05, 4.69) is 10.6 Å². The number of amides is 1. The quantitative estimate of drug-likeness (QED) is 0.716. The molecule has 1 heterocycles. The molecule has 1 amide bonds. The maximum atomic E-state index is 12.0. The monoisotopic (exact) mass is 282 g/mol. The van der Waals surface area contributed by atoms with Crippen LogP contribution in [0, 0.1) is 5.92 Å². The van der Waals surface area contributed by atoms with Gasteiger partial charge in [-0.3, -0.25) is 9.59 Å². The SMILES string of the molecule is O=C(CCC1CCCCN1)NC1CCCCC1C(=O)O. The van der Waals surface area contributed by atoms with E-state index in [1.54, 1.807) is 0 Å². The number of nitrogens with one attached hydrogen (secondary N) is 2. The van der Waals surface area contributed by atoms with E-state index in [1.807, 2.05) is 0 Å². The van der Waals surface area contributed by atoms with Crippen LogP contribution in [0.3, 0.4) is 0 Å². The third kappa shape index (κ3) is 4.47. The highest BCUT2D eigenvalue weighted by molar-refractivity contribution is 5.78. The molecular formula is C15H26N2O3. The van der Waals surface area contributed by atoms with Crippen molar-refractivity contribution in [2.45, 2.75) is 69.9 Å². The highest BCUT2D eigenvalue weighted by Crippen LogP contribution is 2.24. The molecule has 1 aliphatic heterocycles. The van der Waals surface area contributed by atoms with Crippen LogP contribution >= 0.6 is 0 Å². The number of hydrogen-bond acceptors (Lipinski definition) is 3. The van der Waals surface area contributed by atoms with Crippen molar-refractivity contribution in [3.05, 3.63) is 0 Å². The molecule has 0 aromatic heterocycles. The minimum absolute atomic E-state index is 0.00974. The standard InChI is InChI=1S/C15H26N2O3/c18-14(9-8-11-5-3-4-10-16-11)17-13-7-2-1-6-12(13)15(19)20/h11-13,16H,1-10H2,(H,17,18)(H,19,20). The molecule has 20 heavy (non-hydrogen) atoms. The van der Waals surface area contributed by atoms with Gasteiger partial charge >= 0.3 is 5.97 Å². The summed E-state index contributed by atoms with van der Waals surface area (Å²) in [5.41, 5.74) is 0. The van der Waals surface area contributed by atoms with Gasteiger partial charge in [-0.25, -0.2) is 0 Å². The Balaban J connectivity index is 1.73. The predicted octanol–water partition coefficient (Wildman–Crippen LogP) is 1.67. The average molecular weight is 282 g/mol. The summed E-state index contributed by atoms with van der Waals surface area (Å²) in [6.07, 6.45) is 8.42. The number of carboxylic acid groups (broad SMARTS) is 1. The van der Waals surface area contributed by atoms with Crippen LogP contribution in [0.4, 0.5) is 0 Å². The number of hydrogen-bond donors (Lipinski definition) is 3. The zero-order chi connectivity index (χ0) is 14.4. The van der Waals surface area contributed by atoms with Crippen molar-refractivity contribution >= 4 is 11.9 Å². The van der Waals surface area contributed by atoms with E-state index in [0.29, 0.717) is 18.9 Å². The van der Waals surface area contributed by atoms with Gasteiger partial charge in [0.15, 0.2) is 0 Å². The summed E-state index contributed by atoms with van der Waals surface area (Å²) in [5, 5.41) is 15.6. The van der Waals surface area contributed by atoms with Crippen molar-refractivity contribution in [2.24, 2.45) is 5.92 Å². The molecule has 3 atom stereocenters. The van der Waals surface area contributed by atoms with Crippen LogP contribution < -0.4 is 10.6 Å². The molecule has 2 rings (SSSR count). The van der Waals surface area contributed by atoms with Gasteiger partial charge in [0.2, 0.25) is 5.91 Å².